The lowest BCUT2D eigenvalue weighted by Crippen LogP contribution is -2.11. The second-order valence-corrected chi connectivity index (χ2v) is 5.18. The predicted octanol–water partition coefficient (Wildman–Crippen LogP) is 2.75. The van der Waals surface area contributed by atoms with Gasteiger partial charge in [0.25, 0.3) is 0 Å². The SMILES string of the molecule is NC(=O)CCCCn1c(CCCl)nc2c(F)cc(F)cc21. The van der Waals surface area contributed by atoms with Gasteiger partial charge in [-0.3, -0.25) is 4.79 Å². The van der Waals surface area contributed by atoms with E-state index >= 15 is 0 Å². The van der Waals surface area contributed by atoms with Crippen LogP contribution in [0.25, 0.3) is 11.0 Å². The highest BCUT2D eigenvalue weighted by atomic mass is 35.5. The number of rotatable bonds is 7. The molecule has 21 heavy (non-hydrogen) atoms. The molecule has 2 rings (SSSR count). The quantitative estimate of drug-likeness (QED) is 0.631. The average Bonchev–Trinajstić information content (AvgIpc) is 2.73. The first-order valence-corrected chi connectivity index (χ1v) is 7.25. The van der Waals surface area contributed by atoms with Crippen LogP contribution in [0, 0.1) is 11.6 Å². The van der Waals surface area contributed by atoms with Crippen LogP contribution in [0.3, 0.4) is 0 Å². The lowest BCUT2D eigenvalue weighted by atomic mass is 10.2. The summed E-state index contributed by atoms with van der Waals surface area (Å²) >= 11 is 5.73. The molecule has 0 aliphatic rings. The fraction of sp³-hybridized carbons (Fsp3) is 0.429. The molecular weight excluding hydrogens is 300 g/mol. The van der Waals surface area contributed by atoms with Gasteiger partial charge in [-0.2, -0.15) is 0 Å². The Morgan fingerprint density at radius 1 is 1.33 bits per heavy atom. The van der Waals surface area contributed by atoms with Crippen molar-refractivity contribution in [1.82, 2.24) is 9.55 Å². The molecule has 1 heterocycles. The molecule has 2 N–H and O–H groups in total. The zero-order chi connectivity index (χ0) is 15.4. The Kier molecular flexibility index (Phi) is 5.12. The summed E-state index contributed by atoms with van der Waals surface area (Å²) in [6, 6.07) is 2.08. The number of imidazole rings is 1. The molecule has 7 heteroatoms. The van der Waals surface area contributed by atoms with Crippen molar-refractivity contribution in [2.24, 2.45) is 5.73 Å². The molecule has 1 aromatic heterocycles. The summed E-state index contributed by atoms with van der Waals surface area (Å²) in [5.41, 5.74) is 5.64. The van der Waals surface area contributed by atoms with Crippen molar-refractivity contribution in [2.45, 2.75) is 32.2 Å². The summed E-state index contributed by atoms with van der Waals surface area (Å²) in [5.74, 6) is -0.728. The number of benzene rings is 1. The highest BCUT2D eigenvalue weighted by Crippen LogP contribution is 2.22. The smallest absolute Gasteiger partial charge is 0.217 e. The summed E-state index contributed by atoms with van der Waals surface area (Å²) in [4.78, 5) is 14.9. The van der Waals surface area contributed by atoms with Crippen molar-refractivity contribution < 1.29 is 13.6 Å². The normalized spacial score (nSPS) is 11.2. The van der Waals surface area contributed by atoms with E-state index in [1.807, 2.05) is 0 Å². The monoisotopic (exact) mass is 315 g/mol. The van der Waals surface area contributed by atoms with Gasteiger partial charge in [0.2, 0.25) is 5.91 Å². The van der Waals surface area contributed by atoms with Crippen LogP contribution in [0.5, 0.6) is 0 Å². The second-order valence-electron chi connectivity index (χ2n) is 4.80. The molecule has 4 nitrogen and oxygen atoms in total. The number of alkyl halides is 1. The van der Waals surface area contributed by atoms with E-state index in [-0.39, 0.29) is 11.4 Å². The molecule has 2 aromatic rings. The summed E-state index contributed by atoms with van der Waals surface area (Å²) in [7, 11) is 0. The van der Waals surface area contributed by atoms with Crippen LogP contribution in [-0.4, -0.2) is 21.3 Å². The van der Waals surface area contributed by atoms with Crippen molar-refractivity contribution in [3.8, 4) is 0 Å². The lowest BCUT2D eigenvalue weighted by molar-refractivity contribution is -0.118. The third-order valence-corrected chi connectivity index (χ3v) is 3.41. The molecule has 1 aromatic carbocycles. The number of nitrogens with zero attached hydrogens (tertiary/aromatic N) is 2. The number of nitrogens with two attached hydrogens (primary N) is 1. The molecular formula is C14H16ClF2N3O. The lowest BCUT2D eigenvalue weighted by Gasteiger charge is -2.08. The fourth-order valence-corrected chi connectivity index (χ4v) is 2.46. The van der Waals surface area contributed by atoms with Crippen LogP contribution in [-0.2, 0) is 17.8 Å². The second kappa shape index (κ2) is 6.85. The third kappa shape index (κ3) is 3.69. The highest BCUT2D eigenvalue weighted by Gasteiger charge is 2.15. The number of carbonyl (C=O) groups is 1. The van der Waals surface area contributed by atoms with Crippen molar-refractivity contribution in [3.05, 3.63) is 29.6 Å². The van der Waals surface area contributed by atoms with E-state index in [9.17, 15) is 13.6 Å². The Morgan fingerprint density at radius 3 is 2.76 bits per heavy atom. The number of unbranched alkanes of at least 4 members (excludes halogenated alkanes) is 1. The summed E-state index contributed by atoms with van der Waals surface area (Å²) < 4.78 is 28.9. The number of hydrogen-bond acceptors (Lipinski definition) is 2. The zero-order valence-electron chi connectivity index (χ0n) is 11.4. The van der Waals surface area contributed by atoms with Gasteiger partial charge in [-0.05, 0) is 18.9 Å². The van der Waals surface area contributed by atoms with E-state index < -0.39 is 11.6 Å². The minimum atomic E-state index is -0.684. The maximum absolute atomic E-state index is 13.8. The van der Waals surface area contributed by atoms with Crippen LogP contribution in [0.2, 0.25) is 0 Å². The average molecular weight is 316 g/mol. The number of primary amides is 1. The Bertz CT molecular complexity index is 657. The molecule has 0 bridgehead atoms. The van der Waals surface area contributed by atoms with Gasteiger partial charge in [-0.1, -0.05) is 0 Å². The van der Waals surface area contributed by atoms with Crippen molar-refractivity contribution in [2.75, 3.05) is 5.88 Å². The van der Waals surface area contributed by atoms with E-state index in [1.165, 1.54) is 6.07 Å². The van der Waals surface area contributed by atoms with Gasteiger partial charge in [0, 0.05) is 31.3 Å². The van der Waals surface area contributed by atoms with Gasteiger partial charge >= 0.3 is 0 Å². The van der Waals surface area contributed by atoms with Gasteiger partial charge in [-0.15, -0.1) is 11.6 Å². The predicted molar refractivity (Wildman–Crippen MR) is 77.1 cm³/mol. The number of halogens is 3. The van der Waals surface area contributed by atoms with E-state index in [2.05, 4.69) is 4.98 Å². The van der Waals surface area contributed by atoms with E-state index in [0.29, 0.717) is 49.4 Å². The summed E-state index contributed by atoms with van der Waals surface area (Å²) in [5, 5.41) is 0. The van der Waals surface area contributed by atoms with Gasteiger partial charge in [0.1, 0.15) is 17.2 Å². The molecule has 0 aliphatic heterocycles. The number of aromatic nitrogens is 2. The maximum atomic E-state index is 13.8. The van der Waals surface area contributed by atoms with Gasteiger partial charge in [0.15, 0.2) is 5.82 Å². The molecule has 114 valence electrons. The largest absolute Gasteiger partial charge is 0.370 e. The van der Waals surface area contributed by atoms with Gasteiger partial charge in [0.05, 0.1) is 5.52 Å². The molecule has 1 amide bonds. The van der Waals surface area contributed by atoms with Crippen molar-refractivity contribution in [3.63, 3.8) is 0 Å². The molecule has 0 unspecified atom stereocenters. The van der Waals surface area contributed by atoms with Crippen LogP contribution in [0.4, 0.5) is 8.78 Å². The van der Waals surface area contributed by atoms with Gasteiger partial charge < -0.3 is 10.3 Å². The standard InChI is InChI=1S/C14H16ClF2N3O/c15-5-4-13-19-14-10(17)7-9(16)8-11(14)20(13)6-2-1-3-12(18)21/h7-8H,1-6H2,(H2,18,21). The molecule has 0 saturated heterocycles. The molecule has 0 atom stereocenters. The fourth-order valence-electron chi connectivity index (χ4n) is 2.29. The number of fused-ring (bicyclic) bond motifs is 1. The van der Waals surface area contributed by atoms with Crippen molar-refractivity contribution in [1.29, 1.82) is 0 Å². The minimum Gasteiger partial charge on any atom is -0.370 e. The molecule has 0 spiro atoms. The molecule has 0 aliphatic carbocycles. The maximum Gasteiger partial charge on any atom is 0.217 e. The highest BCUT2D eigenvalue weighted by molar-refractivity contribution is 6.17. The van der Waals surface area contributed by atoms with Crippen LogP contribution >= 0.6 is 11.6 Å². The first-order chi connectivity index (χ1) is 10.0. The van der Waals surface area contributed by atoms with Gasteiger partial charge in [-0.25, -0.2) is 13.8 Å². The Labute approximate surface area is 125 Å². The van der Waals surface area contributed by atoms with Crippen LogP contribution in [0.1, 0.15) is 25.1 Å². The first kappa shape index (κ1) is 15.7. The zero-order valence-corrected chi connectivity index (χ0v) is 12.2. The van der Waals surface area contributed by atoms with Crippen LogP contribution < -0.4 is 5.73 Å². The topological polar surface area (TPSA) is 60.9 Å². The number of aryl methyl sites for hydroxylation is 2. The molecule has 0 radical (unpaired) electrons. The van der Waals surface area contributed by atoms with Crippen LogP contribution in [0.15, 0.2) is 12.1 Å². The number of hydrogen-bond donors (Lipinski definition) is 1. The van der Waals surface area contributed by atoms with E-state index in [4.69, 9.17) is 17.3 Å². The summed E-state index contributed by atoms with van der Waals surface area (Å²) in [6.45, 7) is 0.513. The van der Waals surface area contributed by atoms with Crippen molar-refractivity contribution >= 4 is 28.5 Å². The first-order valence-electron chi connectivity index (χ1n) is 6.71. The van der Waals surface area contributed by atoms with E-state index in [0.717, 1.165) is 6.07 Å². The Balaban J connectivity index is 2.29. The molecule has 0 saturated carbocycles. The third-order valence-electron chi connectivity index (χ3n) is 3.22. The number of carbonyl (C=O) groups excluding carboxylic acids is 1. The summed E-state index contributed by atoms with van der Waals surface area (Å²) in [6.07, 6.45) is 2.04. The molecule has 0 fully saturated rings. The Hall–Kier alpha value is -1.69. The minimum absolute atomic E-state index is 0.145. The number of amides is 1. The van der Waals surface area contributed by atoms with E-state index in [1.54, 1.807) is 4.57 Å². The Morgan fingerprint density at radius 2 is 2.10 bits per heavy atom.